The second kappa shape index (κ2) is 7.44. The van der Waals surface area contributed by atoms with Crippen LogP contribution in [0.4, 0.5) is 5.95 Å². The van der Waals surface area contributed by atoms with E-state index in [2.05, 4.69) is 40.4 Å². The minimum absolute atomic E-state index is 0.0785. The number of aromatic nitrogens is 3. The fourth-order valence-electron chi connectivity index (χ4n) is 5.15. The van der Waals surface area contributed by atoms with Crippen LogP contribution in [-0.2, 0) is 6.54 Å². The maximum atomic E-state index is 13.1. The van der Waals surface area contributed by atoms with Gasteiger partial charge in [-0.1, -0.05) is 27.2 Å². The number of amides is 1. The van der Waals surface area contributed by atoms with Gasteiger partial charge in [-0.15, -0.1) is 10.2 Å². The standard InChI is InChI=1S/C21H35N5O/c1-4-21(3)9-12-25(15-21)20-23-22-18(19(27)24-10-5-6-11-24)26(20)14-17-8-7-16(2)13-17/h16-17H,4-15H2,1-3H3. The lowest BCUT2D eigenvalue weighted by molar-refractivity contribution is 0.0774. The molecule has 1 aliphatic carbocycles. The van der Waals surface area contributed by atoms with E-state index in [9.17, 15) is 4.79 Å². The van der Waals surface area contributed by atoms with Crippen molar-refractivity contribution >= 4 is 11.9 Å². The monoisotopic (exact) mass is 373 g/mol. The molecule has 3 heterocycles. The first kappa shape index (κ1) is 18.8. The molecule has 0 spiro atoms. The van der Waals surface area contributed by atoms with E-state index in [1.807, 2.05) is 4.90 Å². The van der Waals surface area contributed by atoms with Crippen LogP contribution in [0.5, 0.6) is 0 Å². The third kappa shape index (κ3) is 3.72. The zero-order valence-electron chi connectivity index (χ0n) is 17.3. The summed E-state index contributed by atoms with van der Waals surface area (Å²) in [6, 6.07) is 0. The summed E-state index contributed by atoms with van der Waals surface area (Å²) in [7, 11) is 0. The fourth-order valence-corrected chi connectivity index (χ4v) is 5.15. The molecule has 0 bridgehead atoms. The van der Waals surface area contributed by atoms with Gasteiger partial charge in [-0.25, -0.2) is 0 Å². The Kier molecular flexibility index (Phi) is 5.17. The van der Waals surface area contributed by atoms with Crippen LogP contribution in [-0.4, -0.2) is 51.8 Å². The molecule has 0 aromatic carbocycles. The van der Waals surface area contributed by atoms with Crippen LogP contribution in [0.2, 0.25) is 0 Å². The van der Waals surface area contributed by atoms with Crippen molar-refractivity contribution in [3.05, 3.63) is 5.82 Å². The summed E-state index contributed by atoms with van der Waals surface area (Å²) in [5.74, 6) is 3.00. The Balaban J connectivity index is 1.61. The summed E-state index contributed by atoms with van der Waals surface area (Å²) in [5, 5.41) is 8.96. The highest BCUT2D eigenvalue weighted by Gasteiger charge is 2.36. The Bertz CT molecular complexity index is 680. The second-order valence-electron chi connectivity index (χ2n) is 9.55. The van der Waals surface area contributed by atoms with Crippen molar-refractivity contribution in [1.29, 1.82) is 0 Å². The molecule has 6 heteroatoms. The lowest BCUT2D eigenvalue weighted by Crippen LogP contribution is -2.32. The van der Waals surface area contributed by atoms with Gasteiger partial charge in [0.1, 0.15) is 0 Å². The molecule has 6 nitrogen and oxygen atoms in total. The highest BCUT2D eigenvalue weighted by atomic mass is 16.2. The second-order valence-corrected chi connectivity index (χ2v) is 9.55. The topological polar surface area (TPSA) is 54.3 Å². The molecule has 2 saturated heterocycles. The molecular weight excluding hydrogens is 338 g/mol. The molecule has 0 N–H and O–H groups in total. The molecule has 3 aliphatic rings. The third-order valence-corrected chi connectivity index (χ3v) is 7.25. The lowest BCUT2D eigenvalue weighted by Gasteiger charge is -2.25. The summed E-state index contributed by atoms with van der Waals surface area (Å²) in [6.45, 7) is 11.6. The zero-order chi connectivity index (χ0) is 19.0. The van der Waals surface area contributed by atoms with Gasteiger partial charge in [-0.2, -0.15) is 0 Å². The van der Waals surface area contributed by atoms with Gasteiger partial charge in [0.25, 0.3) is 5.91 Å². The average Bonchev–Trinajstić information content (AvgIpc) is 3.42. The molecule has 0 radical (unpaired) electrons. The summed E-state index contributed by atoms with van der Waals surface area (Å²) in [6.07, 6.45) is 8.38. The molecule has 1 amide bonds. The van der Waals surface area contributed by atoms with Gasteiger partial charge < -0.3 is 9.80 Å². The minimum Gasteiger partial charge on any atom is -0.340 e. The minimum atomic E-state index is 0.0785. The summed E-state index contributed by atoms with van der Waals surface area (Å²) in [4.78, 5) is 17.4. The summed E-state index contributed by atoms with van der Waals surface area (Å²) < 4.78 is 2.17. The van der Waals surface area contributed by atoms with Crippen molar-refractivity contribution in [3.8, 4) is 0 Å². The number of carbonyl (C=O) groups is 1. The van der Waals surface area contributed by atoms with Crippen LogP contribution >= 0.6 is 0 Å². The largest absolute Gasteiger partial charge is 0.340 e. The van der Waals surface area contributed by atoms with Crippen LogP contribution < -0.4 is 4.90 Å². The number of anilines is 1. The van der Waals surface area contributed by atoms with Crippen LogP contribution in [0.1, 0.15) is 76.3 Å². The quantitative estimate of drug-likeness (QED) is 0.792. The van der Waals surface area contributed by atoms with Crippen molar-refractivity contribution in [1.82, 2.24) is 19.7 Å². The van der Waals surface area contributed by atoms with Gasteiger partial charge in [0.15, 0.2) is 0 Å². The Hall–Kier alpha value is -1.59. The maximum Gasteiger partial charge on any atom is 0.291 e. The third-order valence-electron chi connectivity index (χ3n) is 7.25. The fraction of sp³-hybridized carbons (Fsp3) is 0.857. The van der Waals surface area contributed by atoms with E-state index in [0.717, 1.165) is 57.4 Å². The summed E-state index contributed by atoms with van der Waals surface area (Å²) >= 11 is 0. The van der Waals surface area contributed by atoms with Crippen LogP contribution in [0.15, 0.2) is 0 Å². The van der Waals surface area contributed by atoms with Crippen molar-refractivity contribution < 1.29 is 4.79 Å². The molecule has 1 saturated carbocycles. The van der Waals surface area contributed by atoms with Gasteiger partial charge >= 0.3 is 0 Å². The lowest BCUT2D eigenvalue weighted by atomic mass is 9.87. The highest BCUT2D eigenvalue weighted by Crippen LogP contribution is 2.37. The summed E-state index contributed by atoms with van der Waals surface area (Å²) in [5.41, 5.74) is 0.345. The van der Waals surface area contributed by atoms with E-state index in [1.54, 1.807) is 0 Å². The smallest absolute Gasteiger partial charge is 0.291 e. The molecule has 4 rings (SSSR count). The average molecular weight is 374 g/mol. The number of rotatable bonds is 5. The van der Waals surface area contributed by atoms with Crippen molar-refractivity contribution in [2.24, 2.45) is 17.3 Å². The molecular formula is C21H35N5O. The maximum absolute atomic E-state index is 13.1. The van der Waals surface area contributed by atoms with Crippen molar-refractivity contribution in [2.45, 2.75) is 72.3 Å². The number of nitrogens with zero attached hydrogens (tertiary/aromatic N) is 5. The molecule has 1 aromatic heterocycles. The molecule has 2 aliphatic heterocycles. The Morgan fingerprint density at radius 1 is 1.19 bits per heavy atom. The molecule has 3 atom stereocenters. The molecule has 3 unspecified atom stereocenters. The van der Waals surface area contributed by atoms with Crippen LogP contribution in [0.3, 0.4) is 0 Å². The highest BCUT2D eigenvalue weighted by molar-refractivity contribution is 5.91. The number of hydrogen-bond donors (Lipinski definition) is 0. The number of likely N-dealkylation sites (tertiary alicyclic amines) is 1. The number of carbonyl (C=O) groups excluding carboxylic acids is 1. The Labute approximate surface area is 163 Å². The van der Waals surface area contributed by atoms with Crippen LogP contribution in [0.25, 0.3) is 0 Å². The SMILES string of the molecule is CCC1(C)CCN(c2nnc(C(=O)N3CCCC3)n2CC2CCC(C)C2)C1. The predicted octanol–water partition coefficient (Wildman–Crippen LogP) is 3.58. The van der Waals surface area contributed by atoms with Gasteiger partial charge in [0.05, 0.1) is 0 Å². The first-order valence-corrected chi connectivity index (χ1v) is 11.0. The van der Waals surface area contributed by atoms with Crippen molar-refractivity contribution in [2.75, 3.05) is 31.1 Å². The van der Waals surface area contributed by atoms with E-state index < -0.39 is 0 Å². The van der Waals surface area contributed by atoms with E-state index in [1.165, 1.54) is 32.1 Å². The first-order chi connectivity index (χ1) is 13.0. The van der Waals surface area contributed by atoms with E-state index in [0.29, 0.717) is 17.2 Å². The van der Waals surface area contributed by atoms with Crippen LogP contribution in [0, 0.1) is 17.3 Å². The van der Waals surface area contributed by atoms with Gasteiger partial charge in [-0.05, 0) is 55.8 Å². The van der Waals surface area contributed by atoms with Gasteiger partial charge in [-0.3, -0.25) is 9.36 Å². The van der Waals surface area contributed by atoms with Gasteiger partial charge in [0, 0.05) is 32.7 Å². The van der Waals surface area contributed by atoms with Gasteiger partial charge in [0.2, 0.25) is 11.8 Å². The zero-order valence-corrected chi connectivity index (χ0v) is 17.3. The molecule has 3 fully saturated rings. The molecule has 27 heavy (non-hydrogen) atoms. The normalized spacial score (nSPS) is 31.2. The predicted molar refractivity (Wildman–Crippen MR) is 107 cm³/mol. The molecule has 150 valence electrons. The Morgan fingerprint density at radius 3 is 2.59 bits per heavy atom. The van der Waals surface area contributed by atoms with E-state index >= 15 is 0 Å². The number of hydrogen-bond acceptors (Lipinski definition) is 4. The van der Waals surface area contributed by atoms with E-state index in [-0.39, 0.29) is 5.91 Å². The van der Waals surface area contributed by atoms with Crippen molar-refractivity contribution in [3.63, 3.8) is 0 Å². The first-order valence-electron chi connectivity index (χ1n) is 11.0. The Morgan fingerprint density at radius 2 is 1.96 bits per heavy atom. The van der Waals surface area contributed by atoms with E-state index in [4.69, 9.17) is 0 Å². The molecule has 1 aromatic rings.